The van der Waals surface area contributed by atoms with Gasteiger partial charge in [0.05, 0.1) is 0 Å². The molecule has 0 aliphatic carbocycles. The van der Waals surface area contributed by atoms with Crippen LogP contribution >= 0.6 is 0 Å². The number of hydrogen-bond donors (Lipinski definition) is 1. The third-order valence-corrected chi connectivity index (χ3v) is 2.98. The van der Waals surface area contributed by atoms with Gasteiger partial charge in [0.25, 0.3) is 0 Å². The second-order valence-corrected chi connectivity index (χ2v) is 4.75. The van der Waals surface area contributed by atoms with Crippen LogP contribution in [0.2, 0.25) is 0 Å². The molecule has 0 spiro atoms. The van der Waals surface area contributed by atoms with Crippen molar-refractivity contribution in [3.05, 3.63) is 65.0 Å². The van der Waals surface area contributed by atoms with Gasteiger partial charge in [-0.2, -0.15) is 0 Å². The fourth-order valence-corrected chi connectivity index (χ4v) is 1.85. The standard InChI is InChI=1S/C16H18FNO/c1-11-3-5-13(6-4-11)10-19-16-8-7-14(17)9-15(16)12(2)18/h3-9,12H,10,18H2,1-2H3/t12-/m1/s1. The van der Waals surface area contributed by atoms with Gasteiger partial charge in [0.1, 0.15) is 18.2 Å². The van der Waals surface area contributed by atoms with Crippen LogP contribution in [0.25, 0.3) is 0 Å². The number of benzene rings is 2. The average Bonchev–Trinajstić information content (AvgIpc) is 2.39. The predicted molar refractivity (Wildman–Crippen MR) is 74.5 cm³/mol. The molecule has 0 aromatic heterocycles. The molecule has 0 aliphatic heterocycles. The second-order valence-electron chi connectivity index (χ2n) is 4.75. The molecule has 0 unspecified atom stereocenters. The average molecular weight is 259 g/mol. The molecule has 0 bridgehead atoms. The SMILES string of the molecule is Cc1ccc(COc2ccc(F)cc2[C@@H](C)N)cc1. The molecular weight excluding hydrogens is 241 g/mol. The normalized spacial score (nSPS) is 12.2. The minimum atomic E-state index is -0.296. The molecule has 0 aliphatic rings. The first kappa shape index (κ1) is 13.6. The summed E-state index contributed by atoms with van der Waals surface area (Å²) in [6, 6.07) is 12.3. The maximum absolute atomic E-state index is 13.2. The van der Waals surface area contributed by atoms with Crippen molar-refractivity contribution in [1.29, 1.82) is 0 Å². The molecule has 2 N–H and O–H groups in total. The summed E-state index contributed by atoms with van der Waals surface area (Å²) in [6.07, 6.45) is 0. The Morgan fingerprint density at radius 1 is 1.16 bits per heavy atom. The fraction of sp³-hybridized carbons (Fsp3) is 0.250. The summed E-state index contributed by atoms with van der Waals surface area (Å²) in [6.45, 7) is 4.30. The molecule has 19 heavy (non-hydrogen) atoms. The maximum Gasteiger partial charge on any atom is 0.124 e. The molecule has 3 heteroatoms. The van der Waals surface area contributed by atoms with E-state index in [1.54, 1.807) is 6.07 Å². The number of halogens is 1. The topological polar surface area (TPSA) is 35.2 Å². The van der Waals surface area contributed by atoms with Crippen LogP contribution in [0.15, 0.2) is 42.5 Å². The van der Waals surface area contributed by atoms with Crippen LogP contribution in [0.5, 0.6) is 5.75 Å². The van der Waals surface area contributed by atoms with Crippen molar-refractivity contribution in [3.8, 4) is 5.75 Å². The molecule has 0 saturated carbocycles. The van der Waals surface area contributed by atoms with E-state index in [0.29, 0.717) is 17.9 Å². The fourth-order valence-electron chi connectivity index (χ4n) is 1.85. The van der Waals surface area contributed by atoms with E-state index in [9.17, 15) is 4.39 Å². The predicted octanol–water partition coefficient (Wildman–Crippen LogP) is 3.73. The van der Waals surface area contributed by atoms with Gasteiger partial charge in [0.15, 0.2) is 0 Å². The van der Waals surface area contributed by atoms with Gasteiger partial charge in [-0.05, 0) is 37.6 Å². The lowest BCUT2D eigenvalue weighted by Crippen LogP contribution is -2.08. The number of aryl methyl sites for hydroxylation is 1. The first-order valence-corrected chi connectivity index (χ1v) is 6.29. The number of rotatable bonds is 4. The van der Waals surface area contributed by atoms with Crippen molar-refractivity contribution in [2.75, 3.05) is 0 Å². The molecule has 2 aromatic carbocycles. The highest BCUT2D eigenvalue weighted by Crippen LogP contribution is 2.25. The monoisotopic (exact) mass is 259 g/mol. The van der Waals surface area contributed by atoms with E-state index in [1.165, 1.54) is 17.7 Å². The highest BCUT2D eigenvalue weighted by atomic mass is 19.1. The van der Waals surface area contributed by atoms with Crippen molar-refractivity contribution in [2.24, 2.45) is 5.73 Å². The Hall–Kier alpha value is -1.87. The molecule has 100 valence electrons. The second kappa shape index (κ2) is 5.85. The molecule has 0 fully saturated rings. The molecule has 1 atom stereocenters. The van der Waals surface area contributed by atoms with Crippen LogP contribution in [0, 0.1) is 12.7 Å². The van der Waals surface area contributed by atoms with Gasteiger partial charge >= 0.3 is 0 Å². The third-order valence-electron chi connectivity index (χ3n) is 2.98. The summed E-state index contributed by atoms with van der Waals surface area (Å²) < 4.78 is 18.9. The maximum atomic E-state index is 13.2. The Kier molecular flexibility index (Phi) is 4.17. The molecule has 0 heterocycles. The minimum absolute atomic E-state index is 0.260. The first-order chi connectivity index (χ1) is 9.06. The molecule has 2 aromatic rings. The van der Waals surface area contributed by atoms with E-state index in [1.807, 2.05) is 38.1 Å². The molecule has 0 radical (unpaired) electrons. The molecule has 2 nitrogen and oxygen atoms in total. The van der Waals surface area contributed by atoms with Gasteiger partial charge in [0, 0.05) is 11.6 Å². The molecule has 0 amide bonds. The van der Waals surface area contributed by atoms with Crippen molar-refractivity contribution in [3.63, 3.8) is 0 Å². The zero-order valence-electron chi connectivity index (χ0n) is 11.2. The molecule has 0 saturated heterocycles. The smallest absolute Gasteiger partial charge is 0.124 e. The van der Waals surface area contributed by atoms with Gasteiger partial charge < -0.3 is 10.5 Å². The number of hydrogen-bond acceptors (Lipinski definition) is 2. The van der Waals surface area contributed by atoms with Crippen LogP contribution < -0.4 is 10.5 Å². The van der Waals surface area contributed by atoms with Crippen LogP contribution in [0.4, 0.5) is 4.39 Å². The number of ether oxygens (including phenoxy) is 1. The van der Waals surface area contributed by atoms with Crippen molar-refractivity contribution in [1.82, 2.24) is 0 Å². The van der Waals surface area contributed by atoms with Gasteiger partial charge in [-0.1, -0.05) is 29.8 Å². The summed E-state index contributed by atoms with van der Waals surface area (Å²) in [5.41, 5.74) is 8.80. The van der Waals surface area contributed by atoms with E-state index in [4.69, 9.17) is 10.5 Å². The van der Waals surface area contributed by atoms with Crippen molar-refractivity contribution >= 4 is 0 Å². The molecular formula is C16H18FNO. The van der Waals surface area contributed by atoms with Crippen molar-refractivity contribution in [2.45, 2.75) is 26.5 Å². The van der Waals surface area contributed by atoms with Crippen molar-refractivity contribution < 1.29 is 9.13 Å². The Morgan fingerprint density at radius 3 is 2.47 bits per heavy atom. The van der Waals surface area contributed by atoms with Gasteiger partial charge in [-0.25, -0.2) is 4.39 Å². The minimum Gasteiger partial charge on any atom is -0.489 e. The van der Waals surface area contributed by atoms with E-state index in [-0.39, 0.29) is 11.9 Å². The van der Waals surface area contributed by atoms with Gasteiger partial charge in [-0.15, -0.1) is 0 Å². The Morgan fingerprint density at radius 2 is 1.84 bits per heavy atom. The highest BCUT2D eigenvalue weighted by molar-refractivity contribution is 5.36. The van der Waals surface area contributed by atoms with Crippen LogP contribution in [-0.4, -0.2) is 0 Å². The van der Waals surface area contributed by atoms with Crippen LogP contribution in [0.1, 0.15) is 29.7 Å². The van der Waals surface area contributed by atoms with E-state index in [0.717, 1.165) is 5.56 Å². The van der Waals surface area contributed by atoms with E-state index < -0.39 is 0 Å². The lowest BCUT2D eigenvalue weighted by molar-refractivity contribution is 0.301. The quantitative estimate of drug-likeness (QED) is 0.908. The summed E-state index contributed by atoms with van der Waals surface area (Å²) in [5.74, 6) is 0.340. The largest absolute Gasteiger partial charge is 0.489 e. The summed E-state index contributed by atoms with van der Waals surface area (Å²) in [4.78, 5) is 0. The molecule has 2 rings (SSSR count). The Balaban J connectivity index is 2.13. The first-order valence-electron chi connectivity index (χ1n) is 6.29. The summed E-state index contributed by atoms with van der Waals surface area (Å²) in [7, 11) is 0. The van der Waals surface area contributed by atoms with Crippen LogP contribution in [-0.2, 0) is 6.61 Å². The summed E-state index contributed by atoms with van der Waals surface area (Å²) in [5, 5.41) is 0. The third kappa shape index (κ3) is 3.55. The van der Waals surface area contributed by atoms with E-state index >= 15 is 0 Å². The lowest BCUT2D eigenvalue weighted by atomic mass is 10.1. The van der Waals surface area contributed by atoms with Crippen LogP contribution in [0.3, 0.4) is 0 Å². The van der Waals surface area contributed by atoms with E-state index in [2.05, 4.69) is 0 Å². The highest BCUT2D eigenvalue weighted by Gasteiger charge is 2.09. The zero-order valence-corrected chi connectivity index (χ0v) is 11.2. The number of nitrogens with two attached hydrogens (primary N) is 1. The Labute approximate surface area is 113 Å². The summed E-state index contributed by atoms with van der Waals surface area (Å²) >= 11 is 0. The Bertz CT molecular complexity index is 549. The van der Waals surface area contributed by atoms with Gasteiger partial charge in [0.2, 0.25) is 0 Å². The lowest BCUT2D eigenvalue weighted by Gasteiger charge is -2.14. The zero-order chi connectivity index (χ0) is 13.8. The van der Waals surface area contributed by atoms with Gasteiger partial charge in [-0.3, -0.25) is 0 Å².